The summed E-state index contributed by atoms with van der Waals surface area (Å²) in [7, 11) is 0. The molecule has 0 aliphatic carbocycles. The number of hydrogen-bond donors (Lipinski definition) is 1. The molecular weight excluding hydrogens is 366 g/mol. The van der Waals surface area contributed by atoms with Crippen LogP contribution in [0.25, 0.3) is 11.0 Å². The predicted octanol–water partition coefficient (Wildman–Crippen LogP) is 4.18. The maximum Gasteiger partial charge on any atom is 0.230 e. The van der Waals surface area contributed by atoms with E-state index in [-0.39, 0.29) is 12.3 Å². The van der Waals surface area contributed by atoms with Crippen LogP contribution in [0.4, 0.5) is 5.13 Å². The Bertz CT molecular complexity index is 812. The summed E-state index contributed by atoms with van der Waals surface area (Å²) in [5, 5.41) is 13.2. The molecule has 0 unspecified atom stereocenters. The summed E-state index contributed by atoms with van der Waals surface area (Å²) in [6.45, 7) is 2.09. The average molecular weight is 380 g/mol. The van der Waals surface area contributed by atoms with E-state index in [0.717, 1.165) is 38.9 Å². The van der Waals surface area contributed by atoms with Gasteiger partial charge in [-0.25, -0.2) is 0 Å². The number of fused-ring (bicyclic) bond motifs is 1. The summed E-state index contributed by atoms with van der Waals surface area (Å²) in [4.78, 5) is 12.1. The second-order valence-electron chi connectivity index (χ2n) is 4.88. The molecule has 0 bridgehead atoms. The van der Waals surface area contributed by atoms with E-state index in [0.29, 0.717) is 5.13 Å². The number of hydrogen-bond acceptors (Lipinski definition) is 5. The quantitative estimate of drug-likeness (QED) is 0.721. The average Bonchev–Trinajstić information content (AvgIpc) is 3.07. The van der Waals surface area contributed by atoms with Crippen molar-refractivity contribution >= 4 is 49.3 Å². The lowest BCUT2D eigenvalue weighted by Crippen LogP contribution is -2.13. The minimum atomic E-state index is -0.123. The van der Waals surface area contributed by atoms with Crippen LogP contribution in [0, 0.1) is 0 Å². The highest BCUT2D eigenvalue weighted by atomic mass is 79.9. The van der Waals surface area contributed by atoms with E-state index in [1.54, 1.807) is 6.26 Å². The molecule has 1 amide bonds. The highest BCUT2D eigenvalue weighted by Gasteiger charge is 2.13. The lowest BCUT2D eigenvalue weighted by molar-refractivity contribution is -0.115. The first-order valence-corrected chi connectivity index (χ1v) is 8.54. The first-order valence-electron chi connectivity index (χ1n) is 6.93. The Hall–Kier alpha value is -1.73. The van der Waals surface area contributed by atoms with Crippen LogP contribution >= 0.6 is 27.3 Å². The van der Waals surface area contributed by atoms with Crippen LogP contribution in [0.1, 0.15) is 23.9 Å². The molecule has 1 aromatic carbocycles. The van der Waals surface area contributed by atoms with Gasteiger partial charge in [-0.15, -0.1) is 10.2 Å². The fourth-order valence-corrected chi connectivity index (χ4v) is 3.36. The van der Waals surface area contributed by atoms with E-state index in [1.165, 1.54) is 11.3 Å². The van der Waals surface area contributed by atoms with E-state index in [1.807, 2.05) is 18.2 Å². The fourth-order valence-electron chi connectivity index (χ4n) is 2.15. The van der Waals surface area contributed by atoms with Crippen molar-refractivity contribution in [3.8, 4) is 0 Å². The zero-order chi connectivity index (χ0) is 15.5. The molecule has 0 spiro atoms. The van der Waals surface area contributed by atoms with E-state index in [4.69, 9.17) is 4.42 Å². The molecule has 0 fully saturated rings. The lowest BCUT2D eigenvalue weighted by Gasteiger charge is -2.00. The highest BCUT2D eigenvalue weighted by Crippen LogP contribution is 2.25. The first-order chi connectivity index (χ1) is 10.7. The Labute approximate surface area is 139 Å². The SMILES string of the molecule is CCCc1nnc(NC(=O)Cc2coc3ccc(Br)cc23)s1. The van der Waals surface area contributed by atoms with Gasteiger partial charge in [0.1, 0.15) is 10.6 Å². The largest absolute Gasteiger partial charge is 0.464 e. The van der Waals surface area contributed by atoms with Gasteiger partial charge in [0, 0.05) is 21.8 Å². The van der Waals surface area contributed by atoms with Gasteiger partial charge in [0.25, 0.3) is 0 Å². The molecule has 5 nitrogen and oxygen atoms in total. The van der Waals surface area contributed by atoms with E-state index in [9.17, 15) is 4.79 Å². The van der Waals surface area contributed by atoms with E-state index < -0.39 is 0 Å². The topological polar surface area (TPSA) is 68.0 Å². The maximum absolute atomic E-state index is 12.1. The van der Waals surface area contributed by atoms with Crippen molar-refractivity contribution < 1.29 is 9.21 Å². The number of benzene rings is 1. The van der Waals surface area contributed by atoms with Crippen LogP contribution in [0.2, 0.25) is 0 Å². The normalized spacial score (nSPS) is 11.0. The summed E-state index contributed by atoms with van der Waals surface area (Å²) in [6, 6.07) is 5.74. The Balaban J connectivity index is 1.71. The van der Waals surface area contributed by atoms with Gasteiger partial charge in [0.05, 0.1) is 12.7 Å². The second-order valence-corrected chi connectivity index (χ2v) is 6.86. The van der Waals surface area contributed by atoms with E-state index >= 15 is 0 Å². The third-order valence-electron chi connectivity index (χ3n) is 3.14. The van der Waals surface area contributed by atoms with Crippen LogP contribution in [-0.4, -0.2) is 16.1 Å². The number of nitrogens with one attached hydrogen (secondary N) is 1. The van der Waals surface area contributed by atoms with Gasteiger partial charge >= 0.3 is 0 Å². The molecule has 22 heavy (non-hydrogen) atoms. The summed E-state index contributed by atoms with van der Waals surface area (Å²) < 4.78 is 6.42. The number of aryl methyl sites for hydroxylation is 1. The standard InChI is InChI=1S/C15H14BrN3O2S/c1-2-3-14-18-19-15(22-14)17-13(20)6-9-8-21-12-5-4-10(16)7-11(9)12/h4-5,7-8H,2-3,6H2,1H3,(H,17,19,20). The minimum Gasteiger partial charge on any atom is -0.464 e. The molecule has 0 saturated carbocycles. The number of anilines is 1. The van der Waals surface area contributed by atoms with Gasteiger partial charge in [0.15, 0.2) is 0 Å². The van der Waals surface area contributed by atoms with Gasteiger partial charge in [0.2, 0.25) is 11.0 Å². The zero-order valence-corrected chi connectivity index (χ0v) is 14.3. The van der Waals surface area contributed by atoms with Crippen LogP contribution in [0.15, 0.2) is 33.4 Å². The molecule has 0 saturated heterocycles. The van der Waals surface area contributed by atoms with Gasteiger partial charge < -0.3 is 9.73 Å². The number of carbonyl (C=O) groups is 1. The van der Waals surface area contributed by atoms with Gasteiger partial charge in [-0.05, 0) is 24.6 Å². The molecule has 2 heterocycles. The van der Waals surface area contributed by atoms with Crippen molar-refractivity contribution in [3.05, 3.63) is 39.5 Å². The van der Waals surface area contributed by atoms with Crippen LogP contribution in [0.5, 0.6) is 0 Å². The molecule has 3 rings (SSSR count). The van der Waals surface area contributed by atoms with Crippen molar-refractivity contribution in [2.75, 3.05) is 5.32 Å². The summed E-state index contributed by atoms with van der Waals surface area (Å²) in [5.74, 6) is -0.123. The van der Waals surface area contributed by atoms with Crippen LogP contribution in [-0.2, 0) is 17.6 Å². The molecule has 2 aromatic heterocycles. The molecular formula is C15H14BrN3O2S. The monoisotopic (exact) mass is 379 g/mol. The molecule has 0 atom stereocenters. The molecule has 0 aliphatic heterocycles. The van der Waals surface area contributed by atoms with Crippen molar-refractivity contribution in [2.45, 2.75) is 26.2 Å². The van der Waals surface area contributed by atoms with Crippen molar-refractivity contribution in [3.63, 3.8) is 0 Å². The number of carbonyl (C=O) groups excluding carboxylic acids is 1. The minimum absolute atomic E-state index is 0.123. The number of furan rings is 1. The summed E-state index contributed by atoms with van der Waals surface area (Å²) >= 11 is 4.85. The summed E-state index contributed by atoms with van der Waals surface area (Å²) in [6.07, 6.45) is 3.76. The number of rotatable bonds is 5. The Morgan fingerprint density at radius 2 is 2.27 bits per heavy atom. The highest BCUT2D eigenvalue weighted by molar-refractivity contribution is 9.10. The first kappa shape index (κ1) is 15.2. The van der Waals surface area contributed by atoms with Crippen LogP contribution < -0.4 is 5.32 Å². The fraction of sp³-hybridized carbons (Fsp3) is 0.267. The van der Waals surface area contributed by atoms with Crippen molar-refractivity contribution in [2.24, 2.45) is 0 Å². The van der Waals surface area contributed by atoms with Crippen LogP contribution in [0.3, 0.4) is 0 Å². The number of amides is 1. The third-order valence-corrected chi connectivity index (χ3v) is 4.54. The molecule has 0 radical (unpaired) electrons. The molecule has 1 N–H and O–H groups in total. The predicted molar refractivity (Wildman–Crippen MR) is 90.2 cm³/mol. The molecule has 0 aliphatic rings. The number of halogens is 1. The molecule has 7 heteroatoms. The number of nitrogens with zero attached hydrogens (tertiary/aromatic N) is 2. The smallest absolute Gasteiger partial charge is 0.230 e. The Morgan fingerprint density at radius 3 is 3.09 bits per heavy atom. The Morgan fingerprint density at radius 1 is 1.41 bits per heavy atom. The number of aromatic nitrogens is 2. The van der Waals surface area contributed by atoms with Gasteiger partial charge in [-0.3, -0.25) is 4.79 Å². The Kier molecular flexibility index (Phi) is 4.54. The lowest BCUT2D eigenvalue weighted by atomic mass is 10.1. The molecule has 114 valence electrons. The zero-order valence-electron chi connectivity index (χ0n) is 11.9. The molecule has 3 aromatic rings. The third kappa shape index (κ3) is 3.36. The van der Waals surface area contributed by atoms with Gasteiger partial charge in [-0.2, -0.15) is 0 Å². The second kappa shape index (κ2) is 6.58. The van der Waals surface area contributed by atoms with Crippen molar-refractivity contribution in [1.29, 1.82) is 0 Å². The maximum atomic E-state index is 12.1. The van der Waals surface area contributed by atoms with Gasteiger partial charge in [-0.1, -0.05) is 34.2 Å². The van der Waals surface area contributed by atoms with E-state index in [2.05, 4.69) is 38.4 Å². The summed E-state index contributed by atoms with van der Waals surface area (Å²) in [5.41, 5.74) is 1.62. The van der Waals surface area contributed by atoms with Crippen molar-refractivity contribution in [1.82, 2.24) is 10.2 Å².